The van der Waals surface area contributed by atoms with E-state index >= 15 is 0 Å². The van der Waals surface area contributed by atoms with E-state index in [9.17, 15) is 9.90 Å². The number of nitrogens with one attached hydrogen (secondary N) is 1. The second-order valence-corrected chi connectivity index (χ2v) is 7.82. The Bertz CT molecular complexity index is 619. The fourth-order valence-corrected chi connectivity index (χ4v) is 4.01. The molecule has 0 aromatic carbocycles. The maximum absolute atomic E-state index is 10.6. The molecule has 2 atom stereocenters. The molecule has 3 N–H and O–H groups in total. The van der Waals surface area contributed by atoms with Gasteiger partial charge in [0.05, 0.1) is 31.5 Å². The van der Waals surface area contributed by atoms with E-state index in [0.717, 1.165) is 50.8 Å². The molecule has 0 amide bonds. The number of aliphatic hydroxyl groups excluding tert-OH is 1. The van der Waals surface area contributed by atoms with Crippen molar-refractivity contribution in [1.82, 2.24) is 10.3 Å². The third-order valence-electron chi connectivity index (χ3n) is 5.68. The number of carboxylic acid groups (broad SMARTS) is 1. The summed E-state index contributed by atoms with van der Waals surface area (Å²) in [6.07, 6.45) is 6.48. The van der Waals surface area contributed by atoms with Gasteiger partial charge in [0.2, 0.25) is 5.88 Å². The van der Waals surface area contributed by atoms with Crippen LogP contribution >= 0.6 is 0 Å². The Kier molecular flexibility index (Phi) is 8.06. The van der Waals surface area contributed by atoms with Crippen LogP contribution in [-0.2, 0) is 9.53 Å². The van der Waals surface area contributed by atoms with Crippen LogP contribution in [-0.4, -0.2) is 59.2 Å². The number of ether oxygens (including phenoxy) is 2. The number of carbonyl (C=O) groups is 1. The summed E-state index contributed by atoms with van der Waals surface area (Å²) in [5, 5.41) is 22.0. The monoisotopic (exact) mass is 392 g/mol. The normalized spacial score (nSPS) is 28.0. The molecule has 1 aromatic rings. The lowest BCUT2D eigenvalue weighted by atomic mass is 9.85. The van der Waals surface area contributed by atoms with Crippen LogP contribution < -0.4 is 10.1 Å². The van der Waals surface area contributed by atoms with Gasteiger partial charge in [-0.15, -0.1) is 0 Å². The third kappa shape index (κ3) is 6.43. The molecule has 2 aliphatic rings. The number of aliphatic carboxylic acids is 1. The van der Waals surface area contributed by atoms with Gasteiger partial charge in [0.25, 0.3) is 0 Å². The van der Waals surface area contributed by atoms with E-state index in [-0.39, 0.29) is 24.7 Å². The molecule has 28 heavy (non-hydrogen) atoms. The number of nitrogens with zero attached hydrogens (tertiary/aromatic N) is 1. The first-order chi connectivity index (χ1) is 13.6. The van der Waals surface area contributed by atoms with Gasteiger partial charge in [-0.05, 0) is 57.6 Å². The summed E-state index contributed by atoms with van der Waals surface area (Å²) in [7, 11) is 0. The lowest BCUT2D eigenvalue weighted by Gasteiger charge is -2.32. The smallest absolute Gasteiger partial charge is 0.303 e. The molecule has 1 saturated carbocycles. The minimum atomic E-state index is -0.807. The third-order valence-corrected chi connectivity index (χ3v) is 5.68. The molecular weight excluding hydrogens is 360 g/mol. The molecule has 1 saturated heterocycles. The maximum Gasteiger partial charge on any atom is 0.303 e. The molecule has 0 spiro atoms. The number of hydrogen-bond donors (Lipinski definition) is 3. The Morgan fingerprint density at radius 1 is 1.21 bits per heavy atom. The second-order valence-electron chi connectivity index (χ2n) is 7.82. The van der Waals surface area contributed by atoms with Crippen molar-refractivity contribution in [3.05, 3.63) is 23.9 Å². The van der Waals surface area contributed by atoms with Gasteiger partial charge < -0.3 is 25.0 Å². The molecule has 156 valence electrons. The number of hydrogen-bond acceptors (Lipinski definition) is 6. The molecule has 1 aliphatic carbocycles. The summed E-state index contributed by atoms with van der Waals surface area (Å²) >= 11 is 0. The van der Waals surface area contributed by atoms with Crippen molar-refractivity contribution in [3.63, 3.8) is 0 Å². The van der Waals surface area contributed by atoms with E-state index in [0.29, 0.717) is 31.4 Å². The standard InChI is InChI=1S/C21H32N2O5/c24-19-5-2-12-22-18(19)14-28-16-10-8-15(9-11-16)17-4-1-6-20(23-17)27-13-3-7-21(25)26/h1,4,6,15-16,18-19,22,24H,2-3,5,7-14H2,(H,25,26)/t15?,16?,18-,19-/m0/s1. The zero-order chi connectivity index (χ0) is 19.8. The van der Waals surface area contributed by atoms with Gasteiger partial charge in [0, 0.05) is 24.1 Å². The fraction of sp³-hybridized carbons (Fsp3) is 0.714. The highest BCUT2D eigenvalue weighted by Gasteiger charge is 2.27. The summed E-state index contributed by atoms with van der Waals surface area (Å²) in [5.74, 6) is 0.164. The number of piperidine rings is 1. The van der Waals surface area contributed by atoms with Crippen molar-refractivity contribution in [2.75, 3.05) is 19.8 Å². The molecule has 0 bridgehead atoms. The zero-order valence-corrected chi connectivity index (χ0v) is 16.4. The quantitative estimate of drug-likeness (QED) is 0.555. The number of aromatic nitrogens is 1. The summed E-state index contributed by atoms with van der Waals surface area (Å²) in [6, 6.07) is 5.87. The molecule has 7 nitrogen and oxygen atoms in total. The van der Waals surface area contributed by atoms with Gasteiger partial charge >= 0.3 is 5.97 Å². The van der Waals surface area contributed by atoms with Crippen LogP contribution in [0.25, 0.3) is 0 Å². The van der Waals surface area contributed by atoms with Crippen molar-refractivity contribution in [2.45, 2.75) is 75.5 Å². The van der Waals surface area contributed by atoms with Crippen LogP contribution in [0.4, 0.5) is 0 Å². The minimum absolute atomic E-state index is 0.0584. The van der Waals surface area contributed by atoms with Crippen LogP contribution in [0.1, 0.15) is 63.0 Å². The Balaban J connectivity index is 1.40. The van der Waals surface area contributed by atoms with Crippen LogP contribution in [0.5, 0.6) is 5.88 Å². The van der Waals surface area contributed by atoms with E-state index in [1.807, 2.05) is 18.2 Å². The first-order valence-electron chi connectivity index (χ1n) is 10.5. The summed E-state index contributed by atoms with van der Waals surface area (Å²) in [4.78, 5) is 15.2. The summed E-state index contributed by atoms with van der Waals surface area (Å²) < 4.78 is 11.7. The van der Waals surface area contributed by atoms with Crippen molar-refractivity contribution < 1.29 is 24.5 Å². The lowest BCUT2D eigenvalue weighted by Crippen LogP contribution is -2.48. The summed E-state index contributed by atoms with van der Waals surface area (Å²) in [5.41, 5.74) is 1.04. The largest absolute Gasteiger partial charge is 0.481 e. The van der Waals surface area contributed by atoms with Crippen molar-refractivity contribution in [1.29, 1.82) is 0 Å². The SMILES string of the molecule is O=C(O)CCCOc1cccc(C2CCC(OC[C@@H]3NCCC[C@@H]3O)CC2)n1. The Hall–Kier alpha value is -1.70. The van der Waals surface area contributed by atoms with Crippen LogP contribution in [0, 0.1) is 0 Å². The van der Waals surface area contributed by atoms with E-state index < -0.39 is 5.97 Å². The highest BCUT2D eigenvalue weighted by Crippen LogP contribution is 2.34. The van der Waals surface area contributed by atoms with Gasteiger partial charge in [0.1, 0.15) is 0 Å². The average Bonchev–Trinajstić information content (AvgIpc) is 2.71. The van der Waals surface area contributed by atoms with Gasteiger partial charge in [-0.1, -0.05) is 6.07 Å². The summed E-state index contributed by atoms with van der Waals surface area (Å²) in [6.45, 7) is 1.90. The number of rotatable bonds is 9. The first-order valence-corrected chi connectivity index (χ1v) is 10.5. The highest BCUT2D eigenvalue weighted by molar-refractivity contribution is 5.66. The predicted octanol–water partition coefficient (Wildman–Crippen LogP) is 2.48. The highest BCUT2D eigenvalue weighted by atomic mass is 16.5. The molecule has 2 fully saturated rings. The van der Waals surface area contributed by atoms with Crippen LogP contribution in [0.15, 0.2) is 18.2 Å². The Labute approximate surface area is 166 Å². The minimum Gasteiger partial charge on any atom is -0.481 e. The molecule has 1 aromatic heterocycles. The van der Waals surface area contributed by atoms with Crippen molar-refractivity contribution >= 4 is 5.97 Å². The van der Waals surface area contributed by atoms with E-state index in [1.54, 1.807) is 0 Å². The predicted molar refractivity (Wildman–Crippen MR) is 105 cm³/mol. The molecule has 0 radical (unpaired) electrons. The van der Waals surface area contributed by atoms with Gasteiger partial charge in [0.15, 0.2) is 0 Å². The average molecular weight is 392 g/mol. The lowest BCUT2D eigenvalue weighted by molar-refractivity contribution is -0.137. The fourth-order valence-electron chi connectivity index (χ4n) is 4.01. The van der Waals surface area contributed by atoms with Crippen LogP contribution in [0.2, 0.25) is 0 Å². The second kappa shape index (κ2) is 10.7. The molecule has 1 aliphatic heterocycles. The first kappa shape index (κ1) is 21.0. The van der Waals surface area contributed by atoms with Crippen molar-refractivity contribution in [2.24, 2.45) is 0 Å². The molecule has 2 heterocycles. The van der Waals surface area contributed by atoms with Crippen LogP contribution in [0.3, 0.4) is 0 Å². The van der Waals surface area contributed by atoms with Gasteiger partial charge in [-0.2, -0.15) is 0 Å². The van der Waals surface area contributed by atoms with Gasteiger partial charge in [-0.25, -0.2) is 4.98 Å². The van der Waals surface area contributed by atoms with E-state index in [4.69, 9.17) is 14.6 Å². The Morgan fingerprint density at radius 3 is 2.79 bits per heavy atom. The zero-order valence-electron chi connectivity index (χ0n) is 16.4. The topological polar surface area (TPSA) is 101 Å². The van der Waals surface area contributed by atoms with Gasteiger partial charge in [-0.3, -0.25) is 4.79 Å². The van der Waals surface area contributed by atoms with E-state index in [2.05, 4.69) is 10.3 Å². The van der Waals surface area contributed by atoms with Crippen molar-refractivity contribution in [3.8, 4) is 5.88 Å². The molecular formula is C21H32N2O5. The number of aliphatic hydroxyl groups is 1. The number of carboxylic acids is 1. The molecule has 3 rings (SSSR count). The van der Waals surface area contributed by atoms with E-state index in [1.165, 1.54) is 0 Å². The molecule has 7 heteroatoms. The maximum atomic E-state index is 10.6. The number of pyridine rings is 1. The Morgan fingerprint density at radius 2 is 2.04 bits per heavy atom. The molecule has 0 unspecified atom stereocenters.